The summed E-state index contributed by atoms with van der Waals surface area (Å²) in [5.41, 5.74) is 0.737. The summed E-state index contributed by atoms with van der Waals surface area (Å²) < 4.78 is 13.7. The van der Waals surface area contributed by atoms with Gasteiger partial charge in [-0.25, -0.2) is 4.39 Å². The number of carbonyl (C=O) groups is 1. The first-order chi connectivity index (χ1) is 7.47. The third-order valence-corrected chi connectivity index (χ3v) is 2.78. The fourth-order valence-corrected chi connectivity index (χ4v) is 1.99. The molecule has 1 aromatic rings. The van der Waals surface area contributed by atoms with Gasteiger partial charge in [-0.15, -0.1) is 0 Å². The Morgan fingerprint density at radius 1 is 1.38 bits per heavy atom. The van der Waals surface area contributed by atoms with Gasteiger partial charge in [0.1, 0.15) is 11.6 Å². The van der Waals surface area contributed by atoms with Crippen molar-refractivity contribution in [3.05, 3.63) is 34.1 Å². The number of Topliss-reactive ketones (excluding diaryl/α,β-unsaturated/α-hetero) is 1. The molecule has 0 N–H and O–H groups in total. The molecule has 0 aliphatic rings. The van der Waals surface area contributed by atoms with Crippen molar-refractivity contribution in [1.29, 1.82) is 0 Å². The Balaban J connectivity index is 2.56. The van der Waals surface area contributed by atoms with Gasteiger partial charge in [-0.2, -0.15) is 0 Å². The molecule has 0 aromatic heterocycles. The van der Waals surface area contributed by atoms with Crippen molar-refractivity contribution in [2.75, 3.05) is 0 Å². The molecule has 0 bridgehead atoms. The largest absolute Gasteiger partial charge is 0.299 e. The molecule has 0 radical (unpaired) electrons. The Hall–Kier alpha value is -0.700. The van der Waals surface area contributed by atoms with E-state index < -0.39 is 0 Å². The second-order valence-electron chi connectivity index (χ2n) is 4.43. The molecular formula is C13H16BrFO. The quantitative estimate of drug-likeness (QED) is 0.795. The lowest BCUT2D eigenvalue weighted by Crippen LogP contribution is -2.04. The first kappa shape index (κ1) is 13.4. The van der Waals surface area contributed by atoms with Gasteiger partial charge in [-0.3, -0.25) is 4.79 Å². The maximum Gasteiger partial charge on any atom is 0.137 e. The highest BCUT2D eigenvalue weighted by Gasteiger charge is 2.07. The number of carbonyl (C=O) groups excluding carboxylic acids is 1. The lowest BCUT2D eigenvalue weighted by atomic mass is 10.0. The second kappa shape index (κ2) is 6.14. The van der Waals surface area contributed by atoms with Crippen LogP contribution in [0.2, 0.25) is 0 Å². The van der Waals surface area contributed by atoms with Gasteiger partial charge in [0.15, 0.2) is 0 Å². The fourth-order valence-electron chi connectivity index (χ4n) is 1.48. The summed E-state index contributed by atoms with van der Waals surface area (Å²) in [4.78, 5) is 11.6. The van der Waals surface area contributed by atoms with Crippen LogP contribution >= 0.6 is 15.9 Å². The maximum atomic E-state index is 13.1. The summed E-state index contributed by atoms with van der Waals surface area (Å²) in [7, 11) is 0. The van der Waals surface area contributed by atoms with E-state index in [9.17, 15) is 9.18 Å². The zero-order valence-electron chi connectivity index (χ0n) is 9.59. The maximum absolute atomic E-state index is 13.1. The highest BCUT2D eigenvalue weighted by Crippen LogP contribution is 2.16. The third kappa shape index (κ3) is 4.88. The first-order valence-electron chi connectivity index (χ1n) is 5.44. The molecule has 88 valence electrons. The standard InChI is InChI=1S/C13H16BrFO/c1-9(2)3-4-13(16)7-10-5-11(14)8-12(15)6-10/h5-6,8-9H,3-4,7H2,1-2H3. The van der Waals surface area contributed by atoms with Crippen molar-refractivity contribution < 1.29 is 9.18 Å². The SMILES string of the molecule is CC(C)CCC(=O)Cc1cc(F)cc(Br)c1. The van der Waals surface area contributed by atoms with E-state index in [2.05, 4.69) is 29.8 Å². The number of halogens is 2. The van der Waals surface area contributed by atoms with Gasteiger partial charge in [0.2, 0.25) is 0 Å². The zero-order valence-corrected chi connectivity index (χ0v) is 11.2. The lowest BCUT2D eigenvalue weighted by Gasteiger charge is -2.04. The Labute approximate surface area is 104 Å². The van der Waals surface area contributed by atoms with E-state index in [1.165, 1.54) is 12.1 Å². The van der Waals surface area contributed by atoms with Crippen LogP contribution < -0.4 is 0 Å². The van der Waals surface area contributed by atoms with Crippen LogP contribution in [0.25, 0.3) is 0 Å². The average Bonchev–Trinajstić information content (AvgIpc) is 2.12. The van der Waals surface area contributed by atoms with Gasteiger partial charge in [-0.1, -0.05) is 29.8 Å². The zero-order chi connectivity index (χ0) is 12.1. The molecule has 0 fully saturated rings. The van der Waals surface area contributed by atoms with Crippen LogP contribution in [0.5, 0.6) is 0 Å². The van der Waals surface area contributed by atoms with Crippen LogP contribution in [0.3, 0.4) is 0 Å². The molecule has 0 amide bonds. The van der Waals surface area contributed by atoms with Crippen molar-refractivity contribution in [3.8, 4) is 0 Å². The molecule has 1 nitrogen and oxygen atoms in total. The van der Waals surface area contributed by atoms with Crippen molar-refractivity contribution in [2.24, 2.45) is 5.92 Å². The van der Waals surface area contributed by atoms with Gasteiger partial charge in [0.05, 0.1) is 0 Å². The Morgan fingerprint density at radius 3 is 2.62 bits per heavy atom. The molecule has 1 aromatic carbocycles. The van der Waals surface area contributed by atoms with Crippen LogP contribution in [0, 0.1) is 11.7 Å². The van der Waals surface area contributed by atoms with Crippen molar-refractivity contribution in [1.82, 2.24) is 0 Å². The molecule has 1 rings (SSSR count). The van der Waals surface area contributed by atoms with Crippen molar-refractivity contribution in [2.45, 2.75) is 33.1 Å². The van der Waals surface area contributed by atoms with Crippen LogP contribution in [0.1, 0.15) is 32.3 Å². The molecule has 0 heterocycles. The average molecular weight is 287 g/mol. The Bertz CT molecular complexity index is 354. The van der Waals surface area contributed by atoms with Gasteiger partial charge in [-0.05, 0) is 36.1 Å². The topological polar surface area (TPSA) is 17.1 Å². The highest BCUT2D eigenvalue weighted by molar-refractivity contribution is 9.10. The van der Waals surface area contributed by atoms with Gasteiger partial charge in [0, 0.05) is 17.3 Å². The fraction of sp³-hybridized carbons (Fsp3) is 0.462. The summed E-state index contributed by atoms with van der Waals surface area (Å²) in [6.07, 6.45) is 1.80. The van der Waals surface area contributed by atoms with Gasteiger partial charge < -0.3 is 0 Å². The van der Waals surface area contributed by atoms with Crippen LogP contribution in [-0.2, 0) is 11.2 Å². The molecular weight excluding hydrogens is 271 g/mol. The van der Waals surface area contributed by atoms with E-state index in [4.69, 9.17) is 0 Å². The van der Waals surface area contributed by atoms with Crippen LogP contribution in [0.15, 0.2) is 22.7 Å². The first-order valence-corrected chi connectivity index (χ1v) is 6.23. The normalized spacial score (nSPS) is 10.8. The minimum Gasteiger partial charge on any atom is -0.299 e. The number of hydrogen-bond acceptors (Lipinski definition) is 1. The smallest absolute Gasteiger partial charge is 0.137 e. The predicted octanol–water partition coefficient (Wildman–Crippen LogP) is 4.14. The number of hydrogen-bond donors (Lipinski definition) is 0. The Kier molecular flexibility index (Phi) is 5.13. The minimum atomic E-state index is -0.305. The summed E-state index contributed by atoms with van der Waals surface area (Å²) in [6.45, 7) is 4.18. The second-order valence-corrected chi connectivity index (χ2v) is 5.34. The number of rotatable bonds is 5. The van der Waals surface area contributed by atoms with Crippen molar-refractivity contribution in [3.63, 3.8) is 0 Å². The summed E-state index contributed by atoms with van der Waals surface area (Å²) in [5.74, 6) is 0.399. The number of ketones is 1. The van der Waals surface area contributed by atoms with E-state index in [0.717, 1.165) is 12.0 Å². The van der Waals surface area contributed by atoms with E-state index in [1.807, 2.05) is 0 Å². The summed E-state index contributed by atoms with van der Waals surface area (Å²) >= 11 is 3.21. The summed E-state index contributed by atoms with van der Waals surface area (Å²) in [6, 6.07) is 4.59. The lowest BCUT2D eigenvalue weighted by molar-refractivity contribution is -0.118. The highest BCUT2D eigenvalue weighted by atomic mass is 79.9. The molecule has 0 atom stereocenters. The molecule has 0 aliphatic carbocycles. The number of benzene rings is 1. The molecule has 0 saturated carbocycles. The van der Waals surface area contributed by atoms with E-state index in [-0.39, 0.29) is 11.6 Å². The van der Waals surface area contributed by atoms with E-state index in [0.29, 0.717) is 23.2 Å². The van der Waals surface area contributed by atoms with E-state index >= 15 is 0 Å². The van der Waals surface area contributed by atoms with Crippen LogP contribution in [0.4, 0.5) is 4.39 Å². The molecule has 0 saturated heterocycles. The molecule has 0 spiro atoms. The van der Waals surface area contributed by atoms with Gasteiger partial charge >= 0.3 is 0 Å². The van der Waals surface area contributed by atoms with Crippen LogP contribution in [-0.4, -0.2) is 5.78 Å². The van der Waals surface area contributed by atoms with E-state index in [1.54, 1.807) is 6.07 Å². The van der Waals surface area contributed by atoms with Crippen molar-refractivity contribution >= 4 is 21.7 Å². The van der Waals surface area contributed by atoms with Gasteiger partial charge in [0.25, 0.3) is 0 Å². The predicted molar refractivity (Wildman–Crippen MR) is 66.9 cm³/mol. The summed E-state index contributed by atoms with van der Waals surface area (Å²) in [5, 5.41) is 0. The molecule has 0 aliphatic heterocycles. The molecule has 16 heavy (non-hydrogen) atoms. The molecule has 0 unspecified atom stereocenters. The Morgan fingerprint density at radius 2 is 2.06 bits per heavy atom. The molecule has 3 heteroatoms. The monoisotopic (exact) mass is 286 g/mol. The minimum absolute atomic E-state index is 0.172. The third-order valence-electron chi connectivity index (χ3n) is 2.32.